The van der Waals surface area contributed by atoms with E-state index in [9.17, 15) is 0 Å². The van der Waals surface area contributed by atoms with E-state index < -0.39 is 0 Å². The van der Waals surface area contributed by atoms with Crippen LogP contribution in [0, 0.1) is 19.9 Å². The van der Waals surface area contributed by atoms with Crippen LogP contribution in [0.2, 0.25) is 0 Å². The van der Waals surface area contributed by atoms with Gasteiger partial charge in [-0.2, -0.15) is 0 Å². The van der Waals surface area contributed by atoms with Gasteiger partial charge in [0.25, 0.3) is 0 Å². The summed E-state index contributed by atoms with van der Waals surface area (Å²) in [4.78, 5) is 0. The molecule has 0 atom stereocenters. The third-order valence-corrected chi connectivity index (χ3v) is 2.10. The summed E-state index contributed by atoms with van der Waals surface area (Å²) in [5.41, 5.74) is 3.98. The Morgan fingerprint density at radius 1 is 1.27 bits per heavy atom. The van der Waals surface area contributed by atoms with Crippen molar-refractivity contribution in [3.8, 4) is 0 Å². The second kappa shape index (κ2) is 3.08. The monoisotopic (exact) mass is 147 g/mol. The molecule has 0 aliphatic carbocycles. The van der Waals surface area contributed by atoms with Crippen molar-refractivity contribution in [1.82, 2.24) is 0 Å². The van der Waals surface area contributed by atoms with Gasteiger partial charge in [0.1, 0.15) is 0 Å². The minimum Gasteiger partial charge on any atom is -0.0587 e. The SMILES string of the molecule is Cc1[c]cc(C(C)C)cc1C. The van der Waals surface area contributed by atoms with Gasteiger partial charge >= 0.3 is 0 Å². The molecular weight excluding hydrogens is 132 g/mol. The summed E-state index contributed by atoms with van der Waals surface area (Å²) in [6, 6.07) is 7.59. The van der Waals surface area contributed by atoms with Crippen LogP contribution in [0.5, 0.6) is 0 Å². The number of hydrogen-bond acceptors (Lipinski definition) is 0. The predicted octanol–water partition coefficient (Wildman–Crippen LogP) is 3.23. The molecule has 0 saturated heterocycles. The van der Waals surface area contributed by atoms with Crippen molar-refractivity contribution in [2.45, 2.75) is 33.6 Å². The first-order valence-corrected chi connectivity index (χ1v) is 4.10. The van der Waals surface area contributed by atoms with Crippen LogP contribution >= 0.6 is 0 Å². The number of hydrogen-bond donors (Lipinski definition) is 0. The molecule has 0 saturated carbocycles. The minimum absolute atomic E-state index is 0.616. The molecule has 1 radical (unpaired) electrons. The Balaban J connectivity index is 3.05. The van der Waals surface area contributed by atoms with Crippen LogP contribution in [0.25, 0.3) is 0 Å². The molecule has 1 rings (SSSR count). The Bertz CT molecular complexity index is 246. The maximum absolute atomic E-state index is 3.25. The molecular formula is C11H15. The highest BCUT2D eigenvalue weighted by Crippen LogP contribution is 2.16. The molecule has 0 aliphatic heterocycles. The molecule has 0 aliphatic rings. The molecule has 0 unspecified atom stereocenters. The van der Waals surface area contributed by atoms with E-state index in [1.54, 1.807) is 0 Å². The average molecular weight is 147 g/mol. The van der Waals surface area contributed by atoms with Crippen LogP contribution < -0.4 is 0 Å². The van der Waals surface area contributed by atoms with Crippen molar-refractivity contribution in [3.63, 3.8) is 0 Å². The first-order chi connectivity index (χ1) is 5.11. The summed E-state index contributed by atoms with van der Waals surface area (Å²) in [7, 11) is 0. The summed E-state index contributed by atoms with van der Waals surface area (Å²) in [5, 5.41) is 0. The van der Waals surface area contributed by atoms with Gasteiger partial charge in [-0.25, -0.2) is 0 Å². The van der Waals surface area contributed by atoms with E-state index in [0.717, 1.165) is 0 Å². The van der Waals surface area contributed by atoms with Gasteiger partial charge in [0, 0.05) is 0 Å². The van der Waals surface area contributed by atoms with Crippen molar-refractivity contribution in [1.29, 1.82) is 0 Å². The minimum atomic E-state index is 0.616. The summed E-state index contributed by atoms with van der Waals surface area (Å²) in [6.45, 7) is 8.65. The van der Waals surface area contributed by atoms with E-state index in [1.165, 1.54) is 16.7 Å². The van der Waals surface area contributed by atoms with Crippen LogP contribution in [0.15, 0.2) is 12.1 Å². The molecule has 0 heteroatoms. The van der Waals surface area contributed by atoms with E-state index in [2.05, 4.69) is 45.9 Å². The van der Waals surface area contributed by atoms with Gasteiger partial charge in [-0.15, -0.1) is 0 Å². The Hall–Kier alpha value is -0.780. The van der Waals surface area contributed by atoms with Crippen molar-refractivity contribution in [2.75, 3.05) is 0 Å². The van der Waals surface area contributed by atoms with Gasteiger partial charge in [0.2, 0.25) is 0 Å². The zero-order valence-corrected chi connectivity index (χ0v) is 7.73. The average Bonchev–Trinajstić information content (AvgIpc) is 1.94. The lowest BCUT2D eigenvalue weighted by Gasteiger charge is -2.07. The van der Waals surface area contributed by atoms with E-state index >= 15 is 0 Å². The molecule has 0 heterocycles. The summed E-state index contributed by atoms with van der Waals surface area (Å²) in [6.07, 6.45) is 0. The van der Waals surface area contributed by atoms with Crippen molar-refractivity contribution in [3.05, 3.63) is 34.9 Å². The van der Waals surface area contributed by atoms with Crippen molar-refractivity contribution < 1.29 is 0 Å². The number of benzene rings is 1. The topological polar surface area (TPSA) is 0 Å². The second-order valence-electron chi connectivity index (χ2n) is 3.40. The molecule has 59 valence electrons. The Morgan fingerprint density at radius 2 is 1.91 bits per heavy atom. The van der Waals surface area contributed by atoms with E-state index in [4.69, 9.17) is 0 Å². The van der Waals surface area contributed by atoms with Gasteiger partial charge in [-0.1, -0.05) is 26.0 Å². The molecule has 0 nitrogen and oxygen atoms in total. The van der Waals surface area contributed by atoms with Crippen LogP contribution in [-0.4, -0.2) is 0 Å². The molecule has 11 heavy (non-hydrogen) atoms. The molecule has 0 fully saturated rings. The molecule has 0 amide bonds. The Labute approximate surface area is 69.3 Å². The Kier molecular flexibility index (Phi) is 2.33. The summed E-state index contributed by atoms with van der Waals surface area (Å²) >= 11 is 0. The standard InChI is InChI=1S/C11H15/c1-8(2)11-6-5-9(3)10(4)7-11/h6-8H,1-4H3. The zero-order valence-electron chi connectivity index (χ0n) is 7.73. The maximum atomic E-state index is 3.25. The maximum Gasteiger partial charge on any atom is -0.0146 e. The fourth-order valence-electron chi connectivity index (χ4n) is 1.04. The Morgan fingerprint density at radius 3 is 2.36 bits per heavy atom. The lowest BCUT2D eigenvalue weighted by atomic mass is 9.99. The number of aryl methyl sites for hydroxylation is 2. The fourth-order valence-corrected chi connectivity index (χ4v) is 1.04. The molecule has 0 aromatic heterocycles. The molecule has 1 aromatic rings. The first-order valence-electron chi connectivity index (χ1n) is 4.10. The van der Waals surface area contributed by atoms with Crippen molar-refractivity contribution in [2.24, 2.45) is 0 Å². The van der Waals surface area contributed by atoms with Gasteiger partial charge in [-0.3, -0.25) is 0 Å². The van der Waals surface area contributed by atoms with E-state index in [-0.39, 0.29) is 0 Å². The normalized spacial score (nSPS) is 10.6. The smallest absolute Gasteiger partial charge is 0.0146 e. The van der Waals surface area contributed by atoms with Gasteiger partial charge in [0.15, 0.2) is 0 Å². The lowest BCUT2D eigenvalue weighted by Crippen LogP contribution is -1.89. The van der Waals surface area contributed by atoms with Crippen LogP contribution in [-0.2, 0) is 0 Å². The molecule has 0 bridgehead atoms. The van der Waals surface area contributed by atoms with Crippen LogP contribution in [0.4, 0.5) is 0 Å². The van der Waals surface area contributed by atoms with Crippen molar-refractivity contribution >= 4 is 0 Å². The largest absolute Gasteiger partial charge is 0.0587 e. The van der Waals surface area contributed by atoms with E-state index in [1.807, 2.05) is 0 Å². The molecule has 0 N–H and O–H groups in total. The van der Waals surface area contributed by atoms with Gasteiger partial charge < -0.3 is 0 Å². The highest BCUT2D eigenvalue weighted by atomic mass is 14.0. The third kappa shape index (κ3) is 1.83. The highest BCUT2D eigenvalue weighted by molar-refractivity contribution is 5.30. The van der Waals surface area contributed by atoms with Gasteiger partial charge in [0.05, 0.1) is 0 Å². The first kappa shape index (κ1) is 8.32. The van der Waals surface area contributed by atoms with Crippen LogP contribution in [0.1, 0.15) is 36.5 Å². The summed E-state index contributed by atoms with van der Waals surface area (Å²) in [5.74, 6) is 0.616. The van der Waals surface area contributed by atoms with Gasteiger partial charge in [-0.05, 0) is 42.5 Å². The second-order valence-corrected chi connectivity index (χ2v) is 3.40. The number of rotatable bonds is 1. The van der Waals surface area contributed by atoms with E-state index in [0.29, 0.717) is 5.92 Å². The lowest BCUT2D eigenvalue weighted by molar-refractivity contribution is 0.863. The summed E-state index contributed by atoms with van der Waals surface area (Å²) < 4.78 is 0. The quantitative estimate of drug-likeness (QED) is 0.572. The molecule has 1 aromatic carbocycles. The zero-order chi connectivity index (χ0) is 8.43. The highest BCUT2D eigenvalue weighted by Gasteiger charge is 1.99. The predicted molar refractivity (Wildman–Crippen MR) is 48.8 cm³/mol. The third-order valence-electron chi connectivity index (χ3n) is 2.10. The van der Waals surface area contributed by atoms with Crippen LogP contribution in [0.3, 0.4) is 0 Å². The fraction of sp³-hybridized carbons (Fsp3) is 0.455. The molecule has 0 spiro atoms.